The molecule has 7 heteroatoms. The van der Waals surface area contributed by atoms with Gasteiger partial charge < -0.3 is 20.1 Å². The van der Waals surface area contributed by atoms with Crippen LogP contribution in [0.25, 0.3) is 0 Å². The number of carbonyl (C=O) groups is 2. The molecule has 0 unspecified atom stereocenters. The molecule has 7 nitrogen and oxygen atoms in total. The van der Waals surface area contributed by atoms with Crippen LogP contribution in [0.3, 0.4) is 0 Å². The van der Waals surface area contributed by atoms with E-state index in [0.29, 0.717) is 54.1 Å². The molecule has 1 aliphatic carbocycles. The molecule has 0 saturated heterocycles. The maximum absolute atomic E-state index is 12.6. The molecule has 148 valence electrons. The molecule has 1 aliphatic heterocycles. The van der Waals surface area contributed by atoms with E-state index in [-0.39, 0.29) is 30.4 Å². The lowest BCUT2D eigenvalue weighted by atomic mass is 9.81. The predicted molar refractivity (Wildman–Crippen MR) is 106 cm³/mol. The molecule has 1 saturated carbocycles. The van der Waals surface area contributed by atoms with Gasteiger partial charge in [-0.05, 0) is 62.1 Å². The highest BCUT2D eigenvalue weighted by atomic mass is 16.7. The van der Waals surface area contributed by atoms with Crippen molar-refractivity contribution in [2.24, 2.45) is 11.8 Å². The van der Waals surface area contributed by atoms with E-state index in [1.165, 1.54) is 0 Å². The first kappa shape index (κ1) is 18.8. The second kappa shape index (κ2) is 8.23. The Bertz CT molecular complexity index is 957. The van der Waals surface area contributed by atoms with E-state index in [0.717, 1.165) is 0 Å². The van der Waals surface area contributed by atoms with Gasteiger partial charge in [-0.2, -0.15) is 5.26 Å². The van der Waals surface area contributed by atoms with E-state index in [9.17, 15) is 9.59 Å². The summed E-state index contributed by atoms with van der Waals surface area (Å²) in [6.07, 6.45) is 2.67. The van der Waals surface area contributed by atoms with Crippen LogP contribution in [-0.2, 0) is 9.59 Å². The summed E-state index contributed by atoms with van der Waals surface area (Å²) in [5.41, 5.74) is 1.91. The first-order valence-corrected chi connectivity index (χ1v) is 9.64. The van der Waals surface area contributed by atoms with Gasteiger partial charge >= 0.3 is 0 Å². The molecule has 0 spiro atoms. The van der Waals surface area contributed by atoms with E-state index < -0.39 is 0 Å². The number of hydrogen-bond acceptors (Lipinski definition) is 5. The highest BCUT2D eigenvalue weighted by molar-refractivity contribution is 5.94. The van der Waals surface area contributed by atoms with Crippen LogP contribution in [0.1, 0.15) is 31.2 Å². The number of amides is 2. The molecule has 2 aromatic carbocycles. The number of benzene rings is 2. The van der Waals surface area contributed by atoms with Crippen LogP contribution >= 0.6 is 0 Å². The smallest absolute Gasteiger partial charge is 0.231 e. The first-order chi connectivity index (χ1) is 14.1. The molecule has 2 aliphatic rings. The zero-order valence-corrected chi connectivity index (χ0v) is 15.8. The van der Waals surface area contributed by atoms with Gasteiger partial charge in [0.1, 0.15) is 0 Å². The molecule has 2 N–H and O–H groups in total. The van der Waals surface area contributed by atoms with Gasteiger partial charge in [-0.15, -0.1) is 0 Å². The molecule has 0 aromatic heterocycles. The van der Waals surface area contributed by atoms with Crippen LogP contribution in [0.5, 0.6) is 11.5 Å². The lowest BCUT2D eigenvalue weighted by Crippen LogP contribution is -2.32. The molecule has 2 aromatic rings. The fourth-order valence-corrected chi connectivity index (χ4v) is 3.71. The van der Waals surface area contributed by atoms with Crippen molar-refractivity contribution in [3.63, 3.8) is 0 Å². The van der Waals surface area contributed by atoms with Crippen molar-refractivity contribution in [3.8, 4) is 17.6 Å². The second-order valence-electron chi connectivity index (χ2n) is 7.28. The lowest BCUT2D eigenvalue weighted by Gasteiger charge is -2.27. The molecule has 2 amide bonds. The molecule has 0 atom stereocenters. The standard InChI is InChI=1S/C22H21N3O4/c23-12-14-1-7-17(8-2-14)24-21(26)15-3-5-16(6-4-15)22(27)25-18-9-10-19-20(11-18)29-13-28-19/h1-2,7-11,15-16H,3-6,13H2,(H,24,26)(H,25,27). The van der Waals surface area contributed by atoms with Crippen LogP contribution in [0, 0.1) is 23.2 Å². The lowest BCUT2D eigenvalue weighted by molar-refractivity contribution is -0.125. The van der Waals surface area contributed by atoms with Crippen LogP contribution in [0.4, 0.5) is 11.4 Å². The predicted octanol–water partition coefficient (Wildman–Crippen LogP) is 3.67. The zero-order valence-electron chi connectivity index (χ0n) is 15.8. The van der Waals surface area contributed by atoms with Gasteiger partial charge in [-0.1, -0.05) is 0 Å². The van der Waals surface area contributed by atoms with E-state index >= 15 is 0 Å². The summed E-state index contributed by atoms with van der Waals surface area (Å²) >= 11 is 0. The number of fused-ring (bicyclic) bond motifs is 1. The quantitative estimate of drug-likeness (QED) is 0.828. The largest absolute Gasteiger partial charge is 0.454 e. The van der Waals surface area contributed by atoms with E-state index in [2.05, 4.69) is 16.7 Å². The van der Waals surface area contributed by atoms with Crippen molar-refractivity contribution in [1.82, 2.24) is 0 Å². The topological polar surface area (TPSA) is 100 Å². The SMILES string of the molecule is N#Cc1ccc(NC(=O)C2CCC(C(=O)Nc3ccc4c(c3)OCO4)CC2)cc1. The summed E-state index contributed by atoms with van der Waals surface area (Å²) in [4.78, 5) is 25.1. The Morgan fingerprint density at radius 1 is 0.828 bits per heavy atom. The van der Waals surface area contributed by atoms with Crippen molar-refractivity contribution >= 4 is 23.2 Å². The van der Waals surface area contributed by atoms with Crippen molar-refractivity contribution in [3.05, 3.63) is 48.0 Å². The number of rotatable bonds is 4. The summed E-state index contributed by atoms with van der Waals surface area (Å²) < 4.78 is 10.6. The van der Waals surface area contributed by atoms with Crippen LogP contribution in [0.2, 0.25) is 0 Å². The van der Waals surface area contributed by atoms with Gasteiger partial charge in [-0.3, -0.25) is 9.59 Å². The molecule has 29 heavy (non-hydrogen) atoms. The molecule has 1 heterocycles. The van der Waals surface area contributed by atoms with Gasteiger partial charge in [0.05, 0.1) is 11.6 Å². The molecule has 0 bridgehead atoms. The van der Waals surface area contributed by atoms with E-state index in [1.54, 1.807) is 42.5 Å². The zero-order chi connectivity index (χ0) is 20.2. The minimum absolute atomic E-state index is 0.0326. The summed E-state index contributed by atoms with van der Waals surface area (Å²) in [5, 5.41) is 14.7. The number of ether oxygens (including phenoxy) is 2. The Hall–Kier alpha value is -3.53. The third-order valence-electron chi connectivity index (χ3n) is 5.39. The van der Waals surface area contributed by atoms with Crippen molar-refractivity contribution < 1.29 is 19.1 Å². The number of nitrogens with one attached hydrogen (secondary N) is 2. The number of nitriles is 1. The highest BCUT2D eigenvalue weighted by Gasteiger charge is 2.30. The minimum atomic E-state index is -0.112. The minimum Gasteiger partial charge on any atom is -0.454 e. The summed E-state index contributed by atoms with van der Waals surface area (Å²) in [7, 11) is 0. The second-order valence-corrected chi connectivity index (χ2v) is 7.28. The monoisotopic (exact) mass is 391 g/mol. The average Bonchev–Trinajstić information content (AvgIpc) is 3.22. The van der Waals surface area contributed by atoms with E-state index in [4.69, 9.17) is 14.7 Å². The number of anilines is 2. The van der Waals surface area contributed by atoms with Gasteiger partial charge in [0.2, 0.25) is 18.6 Å². The third-order valence-corrected chi connectivity index (χ3v) is 5.39. The van der Waals surface area contributed by atoms with Crippen molar-refractivity contribution in [2.75, 3.05) is 17.4 Å². The molecule has 0 radical (unpaired) electrons. The summed E-state index contributed by atoms with van der Waals surface area (Å²) in [5.74, 6) is 1.02. The van der Waals surface area contributed by atoms with Gasteiger partial charge in [0, 0.05) is 29.3 Å². The van der Waals surface area contributed by atoms with Crippen LogP contribution < -0.4 is 20.1 Å². The van der Waals surface area contributed by atoms with Gasteiger partial charge in [0.25, 0.3) is 0 Å². The summed E-state index contributed by atoms with van der Waals surface area (Å²) in [6, 6.07) is 14.2. The first-order valence-electron chi connectivity index (χ1n) is 9.64. The Morgan fingerprint density at radius 2 is 1.38 bits per heavy atom. The van der Waals surface area contributed by atoms with Crippen molar-refractivity contribution in [2.45, 2.75) is 25.7 Å². The number of carbonyl (C=O) groups excluding carboxylic acids is 2. The van der Waals surface area contributed by atoms with Crippen LogP contribution in [0.15, 0.2) is 42.5 Å². The molecular formula is C22H21N3O4. The fourth-order valence-electron chi connectivity index (χ4n) is 3.71. The maximum atomic E-state index is 12.6. The number of nitrogens with zero attached hydrogens (tertiary/aromatic N) is 1. The van der Waals surface area contributed by atoms with Crippen molar-refractivity contribution in [1.29, 1.82) is 5.26 Å². The average molecular weight is 391 g/mol. The highest BCUT2D eigenvalue weighted by Crippen LogP contribution is 2.35. The van der Waals surface area contributed by atoms with Crippen LogP contribution in [-0.4, -0.2) is 18.6 Å². The fraction of sp³-hybridized carbons (Fsp3) is 0.318. The molecular weight excluding hydrogens is 370 g/mol. The summed E-state index contributed by atoms with van der Waals surface area (Å²) in [6.45, 7) is 0.196. The maximum Gasteiger partial charge on any atom is 0.231 e. The van der Waals surface area contributed by atoms with Gasteiger partial charge in [0.15, 0.2) is 11.5 Å². The Kier molecular flexibility index (Phi) is 5.34. The van der Waals surface area contributed by atoms with Gasteiger partial charge in [-0.25, -0.2) is 0 Å². The normalized spacial score (nSPS) is 19.8. The Labute approximate surface area is 168 Å². The molecule has 4 rings (SSSR count). The molecule has 1 fully saturated rings. The third kappa shape index (κ3) is 4.32. The van der Waals surface area contributed by atoms with E-state index in [1.807, 2.05) is 0 Å². The Balaban J connectivity index is 1.27. The number of hydrogen-bond donors (Lipinski definition) is 2. The Morgan fingerprint density at radius 3 is 2.00 bits per heavy atom.